The molecule has 5 heteroatoms. The minimum Gasteiger partial charge on any atom is -0.326 e. The first-order chi connectivity index (χ1) is 9.53. The standard InChI is InChI=1S/C15H18N2O2S/c1-17(15-9-5-8-14(10-15)11-16)20(18,19)12-13-6-3-2-4-7-13/h2-10H,11-12,16H2,1H3. The summed E-state index contributed by atoms with van der Waals surface area (Å²) >= 11 is 0. The molecule has 2 aromatic rings. The highest BCUT2D eigenvalue weighted by molar-refractivity contribution is 7.92. The molecule has 0 saturated heterocycles. The summed E-state index contributed by atoms with van der Waals surface area (Å²) in [5.41, 5.74) is 7.89. The van der Waals surface area contributed by atoms with Gasteiger partial charge in [0.15, 0.2) is 0 Å². The number of rotatable bonds is 5. The van der Waals surface area contributed by atoms with Gasteiger partial charge in [0, 0.05) is 13.6 Å². The highest BCUT2D eigenvalue weighted by Gasteiger charge is 2.19. The smallest absolute Gasteiger partial charge is 0.239 e. The number of hydrogen-bond donors (Lipinski definition) is 1. The van der Waals surface area contributed by atoms with E-state index in [1.54, 1.807) is 19.2 Å². The van der Waals surface area contributed by atoms with E-state index in [9.17, 15) is 8.42 Å². The van der Waals surface area contributed by atoms with Crippen molar-refractivity contribution in [3.63, 3.8) is 0 Å². The summed E-state index contributed by atoms with van der Waals surface area (Å²) in [5, 5.41) is 0. The summed E-state index contributed by atoms with van der Waals surface area (Å²) in [7, 11) is -1.84. The average Bonchev–Trinajstić information content (AvgIpc) is 2.47. The number of anilines is 1. The van der Waals surface area contributed by atoms with E-state index >= 15 is 0 Å². The maximum atomic E-state index is 12.4. The van der Waals surface area contributed by atoms with Crippen molar-refractivity contribution in [2.24, 2.45) is 5.73 Å². The first-order valence-corrected chi connectivity index (χ1v) is 7.93. The van der Waals surface area contributed by atoms with Crippen molar-refractivity contribution in [1.29, 1.82) is 0 Å². The van der Waals surface area contributed by atoms with Gasteiger partial charge in [-0.05, 0) is 23.3 Å². The molecule has 0 aliphatic heterocycles. The lowest BCUT2D eigenvalue weighted by Crippen LogP contribution is -2.28. The monoisotopic (exact) mass is 290 g/mol. The van der Waals surface area contributed by atoms with Gasteiger partial charge in [0.25, 0.3) is 0 Å². The number of benzene rings is 2. The molecule has 0 atom stereocenters. The maximum Gasteiger partial charge on any atom is 0.239 e. The molecule has 0 heterocycles. The van der Waals surface area contributed by atoms with Crippen molar-refractivity contribution in [2.45, 2.75) is 12.3 Å². The van der Waals surface area contributed by atoms with E-state index < -0.39 is 10.0 Å². The maximum absolute atomic E-state index is 12.4. The van der Waals surface area contributed by atoms with Crippen LogP contribution < -0.4 is 10.0 Å². The lowest BCUT2D eigenvalue weighted by Gasteiger charge is -2.20. The van der Waals surface area contributed by atoms with Crippen molar-refractivity contribution >= 4 is 15.7 Å². The van der Waals surface area contributed by atoms with E-state index in [-0.39, 0.29) is 5.75 Å². The van der Waals surface area contributed by atoms with Gasteiger partial charge in [0.1, 0.15) is 0 Å². The third kappa shape index (κ3) is 3.37. The lowest BCUT2D eigenvalue weighted by atomic mass is 10.2. The van der Waals surface area contributed by atoms with Crippen LogP contribution in [0, 0.1) is 0 Å². The van der Waals surface area contributed by atoms with Crippen LogP contribution in [-0.4, -0.2) is 15.5 Å². The molecule has 0 aromatic heterocycles. The molecule has 4 nitrogen and oxygen atoms in total. The van der Waals surface area contributed by atoms with Gasteiger partial charge in [-0.3, -0.25) is 4.31 Å². The van der Waals surface area contributed by atoms with Crippen molar-refractivity contribution in [1.82, 2.24) is 0 Å². The summed E-state index contributed by atoms with van der Waals surface area (Å²) in [4.78, 5) is 0. The van der Waals surface area contributed by atoms with Gasteiger partial charge in [0.2, 0.25) is 10.0 Å². The predicted molar refractivity (Wildman–Crippen MR) is 81.8 cm³/mol. The summed E-state index contributed by atoms with van der Waals surface area (Å²) in [5.74, 6) is -0.0167. The van der Waals surface area contributed by atoms with Crippen LogP contribution in [0.25, 0.3) is 0 Å². The Bertz CT molecular complexity index is 669. The third-order valence-corrected chi connectivity index (χ3v) is 4.86. The Labute approximate surface area is 119 Å². The molecule has 0 radical (unpaired) electrons. The second-order valence-electron chi connectivity index (χ2n) is 4.58. The molecular formula is C15H18N2O2S. The van der Waals surface area contributed by atoms with Crippen LogP contribution >= 0.6 is 0 Å². The normalized spacial score (nSPS) is 11.3. The molecule has 0 fully saturated rings. The van der Waals surface area contributed by atoms with Gasteiger partial charge in [-0.2, -0.15) is 0 Å². The average molecular weight is 290 g/mol. The Kier molecular flexibility index (Phi) is 4.42. The highest BCUT2D eigenvalue weighted by Crippen LogP contribution is 2.20. The van der Waals surface area contributed by atoms with Gasteiger partial charge in [-0.1, -0.05) is 42.5 Å². The second-order valence-corrected chi connectivity index (χ2v) is 6.58. The van der Waals surface area contributed by atoms with Crippen LogP contribution in [0.5, 0.6) is 0 Å². The summed E-state index contributed by atoms with van der Waals surface area (Å²) < 4.78 is 26.1. The minimum atomic E-state index is -3.40. The van der Waals surface area contributed by atoms with Crippen molar-refractivity contribution in [3.05, 3.63) is 65.7 Å². The van der Waals surface area contributed by atoms with Gasteiger partial charge in [-0.15, -0.1) is 0 Å². The molecule has 0 spiro atoms. The Morgan fingerprint density at radius 3 is 2.30 bits per heavy atom. The van der Waals surface area contributed by atoms with E-state index in [4.69, 9.17) is 5.73 Å². The van der Waals surface area contributed by atoms with Crippen LogP contribution in [0.1, 0.15) is 11.1 Å². The summed E-state index contributed by atoms with van der Waals surface area (Å²) in [6.07, 6.45) is 0. The molecule has 0 aliphatic rings. The number of nitrogens with two attached hydrogens (primary N) is 1. The van der Waals surface area contributed by atoms with Crippen LogP contribution in [0.3, 0.4) is 0 Å². The van der Waals surface area contributed by atoms with E-state index in [1.807, 2.05) is 42.5 Å². The van der Waals surface area contributed by atoms with Crippen LogP contribution in [-0.2, 0) is 22.3 Å². The second kappa shape index (κ2) is 6.07. The van der Waals surface area contributed by atoms with Gasteiger partial charge in [0.05, 0.1) is 11.4 Å². The summed E-state index contributed by atoms with van der Waals surface area (Å²) in [6.45, 7) is 0.389. The van der Waals surface area contributed by atoms with E-state index in [0.717, 1.165) is 11.1 Å². The molecule has 20 heavy (non-hydrogen) atoms. The SMILES string of the molecule is CN(c1cccc(CN)c1)S(=O)(=O)Cc1ccccc1. The number of sulfonamides is 1. The van der Waals surface area contributed by atoms with Gasteiger partial charge < -0.3 is 5.73 Å². The summed E-state index contributed by atoms with van der Waals surface area (Å²) in [6, 6.07) is 16.4. The Morgan fingerprint density at radius 2 is 1.65 bits per heavy atom. The zero-order chi connectivity index (χ0) is 14.6. The minimum absolute atomic E-state index is 0.0167. The molecular weight excluding hydrogens is 272 g/mol. The van der Waals surface area contributed by atoms with E-state index in [2.05, 4.69) is 0 Å². The Hall–Kier alpha value is -1.85. The first-order valence-electron chi connectivity index (χ1n) is 6.32. The Morgan fingerprint density at radius 1 is 1.00 bits per heavy atom. The van der Waals surface area contributed by atoms with Crippen molar-refractivity contribution in [2.75, 3.05) is 11.4 Å². The van der Waals surface area contributed by atoms with Crippen LogP contribution in [0.4, 0.5) is 5.69 Å². The molecule has 2 rings (SSSR count). The first kappa shape index (κ1) is 14.6. The molecule has 0 amide bonds. The number of hydrogen-bond acceptors (Lipinski definition) is 3. The topological polar surface area (TPSA) is 63.4 Å². The largest absolute Gasteiger partial charge is 0.326 e. The molecule has 0 unspecified atom stereocenters. The quantitative estimate of drug-likeness (QED) is 0.917. The molecule has 0 aliphatic carbocycles. The molecule has 0 saturated carbocycles. The van der Waals surface area contributed by atoms with Gasteiger partial charge in [-0.25, -0.2) is 8.42 Å². The molecule has 106 valence electrons. The van der Waals surface area contributed by atoms with Gasteiger partial charge >= 0.3 is 0 Å². The Balaban J connectivity index is 2.24. The zero-order valence-corrected chi connectivity index (χ0v) is 12.2. The highest BCUT2D eigenvalue weighted by atomic mass is 32.2. The van der Waals surface area contributed by atoms with Crippen molar-refractivity contribution in [3.8, 4) is 0 Å². The lowest BCUT2D eigenvalue weighted by molar-refractivity contribution is 0.593. The third-order valence-electron chi connectivity index (χ3n) is 3.12. The predicted octanol–water partition coefficient (Wildman–Crippen LogP) is 2.11. The molecule has 2 N–H and O–H groups in total. The zero-order valence-electron chi connectivity index (χ0n) is 11.4. The van der Waals surface area contributed by atoms with Crippen molar-refractivity contribution < 1.29 is 8.42 Å². The van der Waals surface area contributed by atoms with Crippen LogP contribution in [0.2, 0.25) is 0 Å². The fourth-order valence-electron chi connectivity index (χ4n) is 1.92. The fourth-order valence-corrected chi connectivity index (χ4v) is 3.16. The number of nitrogens with zero attached hydrogens (tertiary/aromatic N) is 1. The fraction of sp³-hybridized carbons (Fsp3) is 0.200. The van der Waals surface area contributed by atoms with E-state index in [0.29, 0.717) is 12.2 Å². The van der Waals surface area contributed by atoms with Crippen LogP contribution in [0.15, 0.2) is 54.6 Å². The van der Waals surface area contributed by atoms with E-state index in [1.165, 1.54) is 4.31 Å². The molecule has 2 aromatic carbocycles. The molecule has 0 bridgehead atoms.